The minimum Gasteiger partial charge on any atom is -0.364 e. The molecular formula is C31H42N2. The maximum atomic E-state index is 4.55. The Morgan fingerprint density at radius 3 is 2.33 bits per heavy atom. The first-order valence-corrected chi connectivity index (χ1v) is 11.8. The second-order valence-corrected chi connectivity index (χ2v) is 8.41. The van der Waals surface area contributed by atoms with Gasteiger partial charge >= 0.3 is 0 Å². The van der Waals surface area contributed by atoms with Crippen LogP contribution in [0, 0.1) is 5.92 Å². The number of benzene rings is 1. The highest BCUT2D eigenvalue weighted by Crippen LogP contribution is 2.31. The summed E-state index contributed by atoms with van der Waals surface area (Å²) in [4.78, 5) is 2.16. The lowest BCUT2D eigenvalue weighted by atomic mass is 9.85. The van der Waals surface area contributed by atoms with Gasteiger partial charge in [-0.1, -0.05) is 88.2 Å². The predicted molar refractivity (Wildman–Crippen MR) is 148 cm³/mol. The van der Waals surface area contributed by atoms with Crippen molar-refractivity contribution in [1.29, 1.82) is 0 Å². The Bertz CT molecular complexity index is 936. The van der Waals surface area contributed by atoms with Gasteiger partial charge in [-0.15, -0.1) is 12.3 Å². The Balaban J connectivity index is 3.35. The summed E-state index contributed by atoms with van der Waals surface area (Å²) in [7, 11) is 2.06. The summed E-state index contributed by atoms with van der Waals surface area (Å²) in [6, 6.07) is 10.2. The summed E-state index contributed by atoms with van der Waals surface area (Å²) in [5.41, 5.74) is 10.5. The summed E-state index contributed by atoms with van der Waals surface area (Å²) in [5, 5.41) is 3.49. The van der Waals surface area contributed by atoms with Crippen LogP contribution in [0.1, 0.15) is 52.0 Å². The van der Waals surface area contributed by atoms with Crippen molar-refractivity contribution in [3.8, 4) is 0 Å². The average Bonchev–Trinajstić information content (AvgIpc) is 2.80. The number of nitrogens with one attached hydrogen (secondary N) is 1. The van der Waals surface area contributed by atoms with Crippen LogP contribution in [-0.2, 0) is 0 Å². The fourth-order valence-electron chi connectivity index (χ4n) is 3.65. The normalized spacial score (nSPS) is 12.4. The summed E-state index contributed by atoms with van der Waals surface area (Å²) in [5.74, 6) is 0.367. The van der Waals surface area contributed by atoms with E-state index < -0.39 is 0 Å². The van der Waals surface area contributed by atoms with Gasteiger partial charge in [0, 0.05) is 30.5 Å². The molecule has 0 aliphatic carbocycles. The predicted octanol–water partition coefficient (Wildman–Crippen LogP) is 8.19. The summed E-state index contributed by atoms with van der Waals surface area (Å²) >= 11 is 0. The fraction of sp³-hybridized carbons (Fsp3) is 0.323. The largest absolute Gasteiger partial charge is 0.364 e. The number of nitrogens with zero attached hydrogens (tertiary/aromatic N) is 1. The lowest BCUT2D eigenvalue weighted by Crippen LogP contribution is -2.20. The average molecular weight is 443 g/mol. The minimum absolute atomic E-state index is 0.367. The molecule has 0 saturated carbocycles. The molecule has 1 atom stereocenters. The van der Waals surface area contributed by atoms with E-state index in [1.54, 1.807) is 0 Å². The van der Waals surface area contributed by atoms with Gasteiger partial charge in [0.05, 0.1) is 5.70 Å². The molecule has 2 heteroatoms. The highest BCUT2D eigenvalue weighted by Gasteiger charge is 2.18. The lowest BCUT2D eigenvalue weighted by molar-refractivity contribution is 0.529. The second-order valence-electron chi connectivity index (χ2n) is 8.41. The molecule has 1 rings (SSSR count). The van der Waals surface area contributed by atoms with E-state index in [-0.39, 0.29) is 0 Å². The Morgan fingerprint density at radius 2 is 1.82 bits per heavy atom. The van der Waals surface area contributed by atoms with E-state index in [1.165, 1.54) is 5.57 Å². The first-order valence-electron chi connectivity index (χ1n) is 11.8. The number of likely N-dealkylation sites (N-methyl/N-ethyl adjacent to an activating group) is 1. The van der Waals surface area contributed by atoms with Crippen LogP contribution in [0.5, 0.6) is 0 Å². The highest BCUT2D eigenvalue weighted by molar-refractivity contribution is 5.63. The van der Waals surface area contributed by atoms with Crippen LogP contribution in [0.4, 0.5) is 0 Å². The number of hydrogen-bond donors (Lipinski definition) is 1. The van der Waals surface area contributed by atoms with Gasteiger partial charge in [-0.05, 0) is 55.7 Å². The zero-order chi connectivity index (χ0) is 24.8. The van der Waals surface area contributed by atoms with Gasteiger partial charge in [0.25, 0.3) is 0 Å². The van der Waals surface area contributed by atoms with E-state index in [0.717, 1.165) is 59.5 Å². The van der Waals surface area contributed by atoms with E-state index in [9.17, 15) is 0 Å². The monoisotopic (exact) mass is 442 g/mol. The van der Waals surface area contributed by atoms with Gasteiger partial charge in [0.2, 0.25) is 0 Å². The van der Waals surface area contributed by atoms with Crippen molar-refractivity contribution in [2.24, 2.45) is 5.92 Å². The van der Waals surface area contributed by atoms with Crippen LogP contribution in [0.15, 0.2) is 115 Å². The molecule has 0 aliphatic rings. The summed E-state index contributed by atoms with van der Waals surface area (Å²) < 4.78 is 0. The van der Waals surface area contributed by atoms with Crippen LogP contribution in [-0.4, -0.2) is 18.5 Å². The molecule has 2 nitrogen and oxygen atoms in total. The molecule has 0 amide bonds. The molecule has 33 heavy (non-hydrogen) atoms. The third kappa shape index (κ3) is 9.04. The summed E-state index contributed by atoms with van der Waals surface area (Å²) in [6.07, 6.45) is 9.95. The van der Waals surface area contributed by atoms with Crippen LogP contribution < -0.4 is 5.32 Å². The van der Waals surface area contributed by atoms with Crippen molar-refractivity contribution >= 4 is 5.70 Å². The summed E-state index contributed by atoms with van der Waals surface area (Å²) in [6.45, 7) is 27.7. The first kappa shape index (κ1) is 27.8. The van der Waals surface area contributed by atoms with E-state index in [2.05, 4.69) is 94.9 Å². The molecule has 176 valence electrons. The molecule has 1 N–H and O–H groups in total. The molecular weight excluding hydrogens is 400 g/mol. The van der Waals surface area contributed by atoms with Crippen LogP contribution in [0.2, 0.25) is 0 Å². The maximum Gasteiger partial charge on any atom is 0.0867 e. The molecule has 0 bridgehead atoms. The van der Waals surface area contributed by atoms with Crippen LogP contribution >= 0.6 is 0 Å². The molecule has 0 radical (unpaired) electrons. The van der Waals surface area contributed by atoms with Crippen molar-refractivity contribution < 1.29 is 0 Å². The van der Waals surface area contributed by atoms with Crippen molar-refractivity contribution in [3.63, 3.8) is 0 Å². The van der Waals surface area contributed by atoms with Gasteiger partial charge in [-0.25, -0.2) is 0 Å². The third-order valence-corrected chi connectivity index (χ3v) is 5.73. The van der Waals surface area contributed by atoms with Crippen molar-refractivity contribution in [1.82, 2.24) is 10.2 Å². The SMILES string of the molecule is C=C=C(c1ccccc1)N(C)C/C=C(C(=C)C(CC)CCC(=C)C)\C(=C/C=C)NC(=C)CC. The molecule has 0 saturated heterocycles. The quantitative estimate of drug-likeness (QED) is 0.167. The zero-order valence-corrected chi connectivity index (χ0v) is 21.2. The van der Waals surface area contributed by atoms with Gasteiger partial charge in [0.1, 0.15) is 0 Å². The number of hydrogen-bond acceptors (Lipinski definition) is 2. The minimum atomic E-state index is 0.367. The fourth-order valence-corrected chi connectivity index (χ4v) is 3.65. The van der Waals surface area contributed by atoms with Gasteiger partial charge in [-0.3, -0.25) is 0 Å². The Kier molecular flexibility index (Phi) is 12.4. The maximum absolute atomic E-state index is 4.55. The number of allylic oxidation sites excluding steroid dienone is 5. The third-order valence-electron chi connectivity index (χ3n) is 5.73. The molecule has 0 heterocycles. The highest BCUT2D eigenvalue weighted by atomic mass is 15.1. The Labute approximate surface area is 202 Å². The van der Waals surface area contributed by atoms with E-state index >= 15 is 0 Å². The topological polar surface area (TPSA) is 15.3 Å². The molecule has 0 aliphatic heterocycles. The lowest BCUT2D eigenvalue weighted by Gasteiger charge is -2.26. The Morgan fingerprint density at radius 1 is 1.15 bits per heavy atom. The standard InChI is InChI=1S/C31H42N2/c1-10-17-30(32-25(7)11-2)29(26(8)27(12-3)21-20-24(5)6)22-23-33(9)31(13-4)28-18-15-14-16-19-28/h10,14-19,22,27,32H,1,4-5,7-8,11-12,20-21,23H2,2-3,6,9H3/b29-22-,30-17+. The van der Waals surface area contributed by atoms with Crippen LogP contribution in [0.3, 0.4) is 0 Å². The van der Waals surface area contributed by atoms with Crippen molar-refractivity contribution in [2.75, 3.05) is 13.6 Å². The molecule has 1 aromatic carbocycles. The molecule has 0 spiro atoms. The Hall–Kier alpha value is -3.22. The number of rotatable bonds is 15. The molecule has 1 unspecified atom stereocenters. The van der Waals surface area contributed by atoms with Gasteiger partial charge in [0.15, 0.2) is 0 Å². The van der Waals surface area contributed by atoms with E-state index in [1.807, 2.05) is 30.4 Å². The smallest absolute Gasteiger partial charge is 0.0867 e. The van der Waals surface area contributed by atoms with Crippen molar-refractivity contribution in [3.05, 3.63) is 121 Å². The zero-order valence-electron chi connectivity index (χ0n) is 21.2. The van der Waals surface area contributed by atoms with E-state index in [4.69, 9.17) is 0 Å². The molecule has 0 fully saturated rings. The van der Waals surface area contributed by atoms with Gasteiger partial charge < -0.3 is 10.2 Å². The van der Waals surface area contributed by atoms with E-state index in [0.29, 0.717) is 12.5 Å². The van der Waals surface area contributed by atoms with Crippen molar-refractivity contribution in [2.45, 2.75) is 46.5 Å². The molecule has 1 aromatic rings. The second kappa shape index (κ2) is 14.8. The van der Waals surface area contributed by atoms with Crippen LogP contribution in [0.25, 0.3) is 5.70 Å². The molecule has 0 aromatic heterocycles. The first-order chi connectivity index (χ1) is 15.8. The van der Waals surface area contributed by atoms with Gasteiger partial charge in [-0.2, -0.15) is 0 Å².